The van der Waals surface area contributed by atoms with Crippen LogP contribution in [0.2, 0.25) is 0 Å². The predicted molar refractivity (Wildman–Crippen MR) is 109 cm³/mol. The van der Waals surface area contributed by atoms with Crippen LogP contribution in [0, 0.1) is 0 Å². The van der Waals surface area contributed by atoms with Gasteiger partial charge in [-0.25, -0.2) is 0 Å². The maximum atomic E-state index is 8.95. The molecule has 170 valence electrons. The van der Waals surface area contributed by atoms with Gasteiger partial charge in [-0.15, -0.1) is 0 Å². The number of aliphatic hydroxyl groups excluding tert-OH is 3. The molecule has 0 saturated carbocycles. The summed E-state index contributed by atoms with van der Waals surface area (Å²) < 4.78 is 19.0. The molecule has 0 aliphatic heterocycles. The van der Waals surface area contributed by atoms with Crippen molar-refractivity contribution in [1.29, 1.82) is 0 Å². The van der Waals surface area contributed by atoms with E-state index >= 15 is 0 Å². The Balaban J connectivity index is -0.0000000854. The van der Waals surface area contributed by atoms with Gasteiger partial charge >= 0.3 is 0 Å². The predicted octanol–water partition coefficient (Wildman–Crippen LogP) is 2.03. The second-order valence-electron chi connectivity index (χ2n) is 4.52. The van der Waals surface area contributed by atoms with Gasteiger partial charge in [-0.1, -0.05) is 34.6 Å². The zero-order chi connectivity index (χ0) is 22.2. The molecule has 27 heavy (non-hydrogen) atoms. The fourth-order valence-electron chi connectivity index (χ4n) is 0.738. The van der Waals surface area contributed by atoms with E-state index in [4.69, 9.17) is 34.3 Å². The van der Waals surface area contributed by atoms with Crippen molar-refractivity contribution >= 4 is 6.47 Å². The second-order valence-corrected chi connectivity index (χ2v) is 4.52. The van der Waals surface area contributed by atoms with Gasteiger partial charge < -0.3 is 34.3 Å². The summed E-state index contributed by atoms with van der Waals surface area (Å²) in [5.41, 5.74) is 0. The van der Waals surface area contributed by atoms with Crippen LogP contribution >= 0.6 is 0 Å². The van der Waals surface area contributed by atoms with Crippen LogP contribution in [0.25, 0.3) is 0 Å². The molecule has 0 aliphatic rings. The van der Waals surface area contributed by atoms with Crippen LogP contribution in [0.1, 0.15) is 53.9 Å². The molecule has 8 nitrogen and oxygen atoms in total. The first-order valence-corrected chi connectivity index (χ1v) is 9.56. The molecule has 0 aliphatic carbocycles. The Morgan fingerprint density at radius 2 is 1.26 bits per heavy atom. The highest BCUT2D eigenvalue weighted by atomic mass is 16.5. The summed E-state index contributed by atoms with van der Waals surface area (Å²) >= 11 is 0. The van der Waals surface area contributed by atoms with E-state index in [9.17, 15) is 0 Å². The zero-order valence-electron chi connectivity index (χ0n) is 18.6. The summed E-state index contributed by atoms with van der Waals surface area (Å²) in [4.78, 5) is 8.95. The monoisotopic (exact) mass is 402 g/mol. The van der Waals surface area contributed by atoms with E-state index in [-0.39, 0.29) is 6.61 Å². The molecule has 0 amide bonds. The average molecular weight is 403 g/mol. The Morgan fingerprint density at radius 3 is 1.48 bits per heavy atom. The maximum Gasteiger partial charge on any atom is 0.292 e. The third-order valence-corrected chi connectivity index (χ3v) is 2.15. The number of hydrogen-bond donors (Lipinski definition) is 3. The first-order valence-electron chi connectivity index (χ1n) is 9.56. The Bertz CT molecular complexity index is 181. The molecule has 0 heterocycles. The van der Waals surface area contributed by atoms with Crippen molar-refractivity contribution in [2.75, 3.05) is 60.5 Å². The van der Waals surface area contributed by atoms with E-state index in [0.717, 1.165) is 19.4 Å². The molecule has 3 N–H and O–H groups in total. The first kappa shape index (κ1) is 37.0. The van der Waals surface area contributed by atoms with Gasteiger partial charge in [-0.2, -0.15) is 0 Å². The van der Waals surface area contributed by atoms with Crippen LogP contribution in [0.4, 0.5) is 0 Å². The summed E-state index contributed by atoms with van der Waals surface area (Å²) in [6.07, 6.45) is 2.07. The number of carbonyl (C=O) groups is 1. The highest BCUT2D eigenvalue weighted by molar-refractivity contribution is 5.36. The second kappa shape index (κ2) is 49.9. The molecular formula is C19H46O8. The van der Waals surface area contributed by atoms with Crippen molar-refractivity contribution in [3.63, 3.8) is 0 Å². The van der Waals surface area contributed by atoms with Gasteiger partial charge in [0.2, 0.25) is 0 Å². The van der Waals surface area contributed by atoms with E-state index in [1.165, 1.54) is 7.11 Å². The van der Waals surface area contributed by atoms with Crippen LogP contribution in [0.3, 0.4) is 0 Å². The van der Waals surface area contributed by atoms with Gasteiger partial charge in [0.25, 0.3) is 6.47 Å². The third kappa shape index (κ3) is 77.8. The molecule has 0 radical (unpaired) electrons. The van der Waals surface area contributed by atoms with Crippen molar-refractivity contribution in [2.45, 2.75) is 60.0 Å². The van der Waals surface area contributed by atoms with Crippen LogP contribution < -0.4 is 0 Å². The third-order valence-electron chi connectivity index (χ3n) is 2.15. The largest absolute Gasteiger partial charge is 0.471 e. The van der Waals surface area contributed by atoms with Gasteiger partial charge in [-0.3, -0.25) is 4.79 Å². The molecule has 0 aromatic heterocycles. The molecule has 1 atom stereocenters. The quantitative estimate of drug-likeness (QED) is 0.335. The number of methoxy groups -OCH3 is 2. The van der Waals surface area contributed by atoms with Crippen molar-refractivity contribution in [3.05, 3.63) is 0 Å². The van der Waals surface area contributed by atoms with Gasteiger partial charge in [0.15, 0.2) is 0 Å². The van der Waals surface area contributed by atoms with E-state index in [1.54, 1.807) is 7.11 Å². The number of carbonyl (C=O) groups excluding carboxylic acids is 1. The Labute approximate surface area is 166 Å². The lowest BCUT2D eigenvalue weighted by Gasteiger charge is -2.03. The molecule has 0 bridgehead atoms. The van der Waals surface area contributed by atoms with E-state index in [2.05, 4.69) is 11.7 Å². The van der Waals surface area contributed by atoms with Gasteiger partial charge in [-0.05, 0) is 19.3 Å². The van der Waals surface area contributed by atoms with Crippen molar-refractivity contribution in [2.24, 2.45) is 0 Å². The average Bonchev–Trinajstić information content (AvgIpc) is 2.74. The lowest BCUT2D eigenvalue weighted by molar-refractivity contribution is -0.126. The summed E-state index contributed by atoms with van der Waals surface area (Å²) in [7, 11) is 2.98. The molecule has 1 unspecified atom stereocenters. The Morgan fingerprint density at radius 1 is 0.852 bits per heavy atom. The molecule has 0 saturated heterocycles. The highest BCUT2D eigenvalue weighted by Gasteiger charge is 1.92. The van der Waals surface area contributed by atoms with Gasteiger partial charge in [0.05, 0.1) is 46.2 Å². The SMILES string of the molecule is CC.CCC(O)CO.CCCO.CCCOCCOCCOC.COC=O. The normalized spacial score (nSPS) is 9.56. The molecule has 8 heteroatoms. The summed E-state index contributed by atoms with van der Waals surface area (Å²) in [6, 6.07) is 0. The minimum absolute atomic E-state index is 0.115. The Hall–Kier alpha value is -0.770. The van der Waals surface area contributed by atoms with E-state index in [0.29, 0.717) is 45.9 Å². The standard InChI is InChI=1S/C8H18O3.C4H10O2.C3H8O.C2H4O2.C2H6/c1-3-4-10-7-8-11-6-5-9-2;1-2-4(6)3-5;1-2-3-4;1-4-2-3;1-2/h3-8H2,1-2H3;4-6H,2-3H2,1H3;4H,2-3H2,1H3;2H,1H3;1-2H3. The zero-order valence-corrected chi connectivity index (χ0v) is 18.6. The fraction of sp³-hybridized carbons (Fsp3) is 0.947. The molecule has 0 rings (SSSR count). The molecular weight excluding hydrogens is 356 g/mol. The maximum absolute atomic E-state index is 8.95. The van der Waals surface area contributed by atoms with Crippen molar-refractivity contribution in [1.82, 2.24) is 0 Å². The minimum Gasteiger partial charge on any atom is -0.471 e. The molecule has 0 aromatic carbocycles. The summed E-state index contributed by atoms with van der Waals surface area (Å²) in [5.74, 6) is 0. The van der Waals surface area contributed by atoms with E-state index < -0.39 is 6.10 Å². The summed E-state index contributed by atoms with van der Waals surface area (Å²) in [6.45, 7) is 13.9. The minimum atomic E-state index is -0.509. The van der Waals surface area contributed by atoms with Crippen molar-refractivity contribution < 1.29 is 39.1 Å². The van der Waals surface area contributed by atoms with Gasteiger partial charge in [0, 0.05) is 20.3 Å². The van der Waals surface area contributed by atoms with Crippen LogP contribution in [0.15, 0.2) is 0 Å². The lowest BCUT2D eigenvalue weighted by Crippen LogP contribution is -2.08. The van der Waals surface area contributed by atoms with Gasteiger partial charge in [0.1, 0.15) is 0 Å². The fourth-order valence-corrected chi connectivity index (χ4v) is 0.738. The molecule has 0 fully saturated rings. The molecule has 0 spiro atoms. The smallest absolute Gasteiger partial charge is 0.292 e. The number of rotatable bonds is 12. The van der Waals surface area contributed by atoms with Crippen LogP contribution in [-0.2, 0) is 23.7 Å². The molecule has 0 aromatic rings. The number of ether oxygens (including phenoxy) is 4. The van der Waals surface area contributed by atoms with Crippen LogP contribution in [-0.4, -0.2) is 88.4 Å². The number of hydrogen-bond acceptors (Lipinski definition) is 8. The number of aliphatic hydroxyl groups is 3. The van der Waals surface area contributed by atoms with Crippen molar-refractivity contribution in [3.8, 4) is 0 Å². The van der Waals surface area contributed by atoms with Crippen LogP contribution in [0.5, 0.6) is 0 Å². The first-order chi connectivity index (χ1) is 13.1. The van der Waals surface area contributed by atoms with E-state index in [1.807, 2.05) is 27.7 Å². The Kier molecular flexibility index (Phi) is 68.5. The topological polar surface area (TPSA) is 115 Å². The lowest BCUT2D eigenvalue weighted by atomic mass is 10.3. The summed E-state index contributed by atoms with van der Waals surface area (Å²) in [5, 5.41) is 24.4. The highest BCUT2D eigenvalue weighted by Crippen LogP contribution is 1.83.